The summed E-state index contributed by atoms with van der Waals surface area (Å²) >= 11 is 0. The number of alkyl halides is 2. The fourth-order valence-electron chi connectivity index (χ4n) is 2.70. The summed E-state index contributed by atoms with van der Waals surface area (Å²) in [7, 11) is 0. The van der Waals surface area contributed by atoms with Gasteiger partial charge >= 0.3 is 6.03 Å². The van der Waals surface area contributed by atoms with Crippen molar-refractivity contribution in [2.75, 3.05) is 26.3 Å². The van der Waals surface area contributed by atoms with Crippen LogP contribution in [0, 0.1) is 6.92 Å². The summed E-state index contributed by atoms with van der Waals surface area (Å²) in [6, 6.07) is 5.05. The summed E-state index contributed by atoms with van der Waals surface area (Å²) in [5.41, 5.74) is -0.276. The highest BCUT2D eigenvalue weighted by Gasteiger charge is 2.53. The SMILES string of the molecule is Cc1cccc(CCCNC(=O)NCC(F)(F)C2(O)CCOCC2)n1. The van der Waals surface area contributed by atoms with Crippen LogP contribution in [0.1, 0.15) is 30.7 Å². The Labute approximate surface area is 146 Å². The molecule has 1 fully saturated rings. The normalized spacial score (nSPS) is 17.1. The van der Waals surface area contributed by atoms with E-state index in [1.54, 1.807) is 0 Å². The number of amides is 2. The fraction of sp³-hybridized carbons (Fsp3) is 0.647. The van der Waals surface area contributed by atoms with E-state index in [4.69, 9.17) is 4.74 Å². The number of aromatic nitrogens is 1. The first-order valence-corrected chi connectivity index (χ1v) is 8.45. The van der Waals surface area contributed by atoms with Gasteiger partial charge in [-0.1, -0.05) is 6.07 Å². The van der Waals surface area contributed by atoms with Crippen LogP contribution in [0.15, 0.2) is 18.2 Å². The van der Waals surface area contributed by atoms with Gasteiger partial charge in [-0.15, -0.1) is 0 Å². The van der Waals surface area contributed by atoms with Crippen LogP contribution in [0.25, 0.3) is 0 Å². The van der Waals surface area contributed by atoms with Crippen LogP contribution in [-0.4, -0.2) is 53.9 Å². The summed E-state index contributed by atoms with van der Waals surface area (Å²) in [5, 5.41) is 14.7. The van der Waals surface area contributed by atoms with Crippen molar-refractivity contribution in [2.45, 2.75) is 44.1 Å². The number of hydrogen-bond donors (Lipinski definition) is 3. The molecule has 0 atom stereocenters. The number of nitrogens with one attached hydrogen (secondary N) is 2. The van der Waals surface area contributed by atoms with Gasteiger partial charge in [0.2, 0.25) is 0 Å². The van der Waals surface area contributed by atoms with Gasteiger partial charge in [0.1, 0.15) is 5.60 Å². The van der Waals surface area contributed by atoms with Crippen LogP contribution in [0.4, 0.5) is 13.6 Å². The van der Waals surface area contributed by atoms with Crippen LogP contribution >= 0.6 is 0 Å². The lowest BCUT2D eigenvalue weighted by atomic mass is 9.87. The molecule has 6 nitrogen and oxygen atoms in total. The molecular weight excluding hydrogens is 332 g/mol. The predicted octanol–water partition coefficient (Wildman–Crippen LogP) is 1.80. The number of aliphatic hydroxyl groups is 1. The van der Waals surface area contributed by atoms with Crippen LogP contribution in [0.2, 0.25) is 0 Å². The average Bonchev–Trinajstić information content (AvgIpc) is 2.58. The van der Waals surface area contributed by atoms with E-state index in [0.717, 1.165) is 11.4 Å². The second-order valence-corrected chi connectivity index (χ2v) is 6.33. The zero-order valence-corrected chi connectivity index (χ0v) is 14.4. The van der Waals surface area contributed by atoms with Crippen molar-refractivity contribution in [3.05, 3.63) is 29.6 Å². The number of pyridine rings is 1. The Bertz CT molecular complexity index is 578. The molecule has 1 aliphatic heterocycles. The zero-order valence-electron chi connectivity index (χ0n) is 14.4. The number of urea groups is 1. The largest absolute Gasteiger partial charge is 0.383 e. The number of carbonyl (C=O) groups is 1. The van der Waals surface area contributed by atoms with Crippen molar-refractivity contribution in [3.8, 4) is 0 Å². The molecule has 0 aliphatic carbocycles. The molecule has 140 valence electrons. The second kappa shape index (κ2) is 8.53. The van der Waals surface area contributed by atoms with Crippen LogP contribution in [-0.2, 0) is 11.2 Å². The van der Waals surface area contributed by atoms with E-state index in [0.29, 0.717) is 19.4 Å². The summed E-state index contributed by atoms with van der Waals surface area (Å²) in [5.74, 6) is -3.40. The first kappa shape index (κ1) is 19.5. The number of nitrogens with zero attached hydrogens (tertiary/aromatic N) is 1. The maximum Gasteiger partial charge on any atom is 0.314 e. The molecule has 0 radical (unpaired) electrons. The van der Waals surface area contributed by atoms with Crippen LogP contribution < -0.4 is 10.6 Å². The van der Waals surface area contributed by atoms with E-state index in [2.05, 4.69) is 15.6 Å². The highest BCUT2D eigenvalue weighted by atomic mass is 19.3. The quantitative estimate of drug-likeness (QED) is 0.650. The van der Waals surface area contributed by atoms with Crippen molar-refractivity contribution < 1.29 is 23.4 Å². The molecule has 1 aliphatic rings. The van der Waals surface area contributed by atoms with Crippen molar-refractivity contribution in [3.63, 3.8) is 0 Å². The molecule has 2 rings (SSSR count). The molecule has 1 saturated heterocycles. The molecule has 0 spiro atoms. The summed E-state index contributed by atoms with van der Waals surface area (Å²) in [6.45, 7) is 1.53. The lowest BCUT2D eigenvalue weighted by molar-refractivity contribution is -0.209. The predicted molar refractivity (Wildman–Crippen MR) is 88.6 cm³/mol. The third kappa shape index (κ3) is 5.61. The number of carbonyl (C=O) groups excluding carboxylic acids is 1. The number of hydrogen-bond acceptors (Lipinski definition) is 4. The monoisotopic (exact) mass is 357 g/mol. The average molecular weight is 357 g/mol. The standard InChI is InChI=1S/C17H25F2N3O3/c1-13-4-2-5-14(22-13)6-3-9-20-15(23)21-12-17(18,19)16(24)7-10-25-11-8-16/h2,4-5,24H,3,6-12H2,1H3,(H2,20,21,23). The highest BCUT2D eigenvalue weighted by molar-refractivity contribution is 5.73. The van der Waals surface area contributed by atoms with E-state index >= 15 is 0 Å². The van der Waals surface area contributed by atoms with E-state index in [1.165, 1.54) is 0 Å². The minimum atomic E-state index is -3.40. The molecular formula is C17H25F2N3O3. The third-order valence-corrected chi connectivity index (χ3v) is 4.31. The summed E-state index contributed by atoms with van der Waals surface area (Å²) < 4.78 is 33.3. The second-order valence-electron chi connectivity index (χ2n) is 6.33. The lowest BCUT2D eigenvalue weighted by Crippen LogP contribution is -2.57. The third-order valence-electron chi connectivity index (χ3n) is 4.31. The summed E-state index contributed by atoms with van der Waals surface area (Å²) in [4.78, 5) is 16.0. The Kier molecular flexibility index (Phi) is 6.66. The molecule has 0 unspecified atom stereocenters. The molecule has 3 N–H and O–H groups in total. The minimum Gasteiger partial charge on any atom is -0.383 e. The van der Waals surface area contributed by atoms with Crippen molar-refractivity contribution >= 4 is 6.03 Å². The van der Waals surface area contributed by atoms with E-state index in [-0.39, 0.29) is 26.1 Å². The molecule has 1 aromatic rings. The van der Waals surface area contributed by atoms with Gasteiger partial charge in [0, 0.05) is 44.0 Å². The van der Waals surface area contributed by atoms with Gasteiger partial charge in [-0.05, 0) is 31.9 Å². The maximum absolute atomic E-state index is 14.1. The van der Waals surface area contributed by atoms with Crippen LogP contribution in [0.3, 0.4) is 0 Å². The number of halogens is 2. The number of ether oxygens (including phenoxy) is 1. The first-order chi connectivity index (χ1) is 11.8. The van der Waals surface area contributed by atoms with Gasteiger partial charge in [0.25, 0.3) is 5.92 Å². The fourth-order valence-corrected chi connectivity index (χ4v) is 2.70. The Morgan fingerprint density at radius 3 is 2.76 bits per heavy atom. The molecule has 0 saturated carbocycles. The van der Waals surface area contributed by atoms with Gasteiger partial charge in [-0.2, -0.15) is 0 Å². The topological polar surface area (TPSA) is 83.5 Å². The lowest BCUT2D eigenvalue weighted by Gasteiger charge is -2.38. The molecule has 8 heteroatoms. The molecule has 25 heavy (non-hydrogen) atoms. The minimum absolute atomic E-state index is 0.0886. The van der Waals surface area contributed by atoms with E-state index in [9.17, 15) is 18.7 Å². The van der Waals surface area contributed by atoms with Gasteiger partial charge in [0.05, 0.1) is 6.54 Å². The van der Waals surface area contributed by atoms with Gasteiger partial charge in [-0.3, -0.25) is 4.98 Å². The number of rotatable bonds is 7. The molecule has 2 amide bonds. The van der Waals surface area contributed by atoms with Crippen molar-refractivity contribution in [2.24, 2.45) is 0 Å². The first-order valence-electron chi connectivity index (χ1n) is 8.45. The molecule has 0 bridgehead atoms. The van der Waals surface area contributed by atoms with Gasteiger partial charge in [-0.25, -0.2) is 13.6 Å². The molecule has 0 aromatic carbocycles. The van der Waals surface area contributed by atoms with Gasteiger partial charge in [0.15, 0.2) is 0 Å². The smallest absolute Gasteiger partial charge is 0.314 e. The highest BCUT2D eigenvalue weighted by Crippen LogP contribution is 2.36. The Morgan fingerprint density at radius 1 is 1.36 bits per heavy atom. The Balaban J connectivity index is 1.68. The van der Waals surface area contributed by atoms with Crippen molar-refractivity contribution in [1.29, 1.82) is 0 Å². The van der Waals surface area contributed by atoms with E-state index < -0.39 is 24.1 Å². The Hall–Kier alpha value is -1.80. The molecule has 1 aromatic heterocycles. The zero-order chi connectivity index (χ0) is 18.3. The Morgan fingerprint density at radius 2 is 2.08 bits per heavy atom. The van der Waals surface area contributed by atoms with E-state index in [1.807, 2.05) is 25.1 Å². The van der Waals surface area contributed by atoms with Crippen LogP contribution in [0.5, 0.6) is 0 Å². The number of aryl methyl sites for hydroxylation is 2. The molecule has 2 heterocycles. The van der Waals surface area contributed by atoms with Gasteiger partial charge < -0.3 is 20.5 Å². The van der Waals surface area contributed by atoms with Crippen molar-refractivity contribution in [1.82, 2.24) is 15.6 Å². The maximum atomic E-state index is 14.1. The summed E-state index contributed by atoms with van der Waals surface area (Å²) in [6.07, 6.45) is 1.05.